The average Bonchev–Trinajstić information content (AvgIpc) is 2.68. The van der Waals surface area contributed by atoms with Crippen LogP contribution in [-0.2, 0) is 10.0 Å². The largest absolute Gasteiger partial charge is 0.346 e. The molecule has 1 saturated heterocycles. The lowest BCUT2D eigenvalue weighted by atomic mass is 10.1. The summed E-state index contributed by atoms with van der Waals surface area (Å²) in [6, 6.07) is 14.0. The van der Waals surface area contributed by atoms with Gasteiger partial charge in [0.05, 0.1) is 4.90 Å². The Bertz CT molecular complexity index is 980. The zero-order valence-corrected chi connectivity index (χ0v) is 17.5. The van der Waals surface area contributed by atoms with Gasteiger partial charge in [0, 0.05) is 37.4 Å². The van der Waals surface area contributed by atoms with Gasteiger partial charge in [0.25, 0.3) is 0 Å². The Balaban J connectivity index is 1.62. The smallest absolute Gasteiger partial charge is 0.243 e. The number of benzene rings is 2. The van der Waals surface area contributed by atoms with E-state index in [4.69, 9.17) is 12.2 Å². The van der Waals surface area contributed by atoms with E-state index in [2.05, 4.69) is 5.32 Å². The molecule has 0 saturated carbocycles. The van der Waals surface area contributed by atoms with E-state index in [1.165, 1.54) is 11.2 Å². The predicted molar refractivity (Wildman–Crippen MR) is 114 cm³/mol. The lowest BCUT2D eigenvalue weighted by Crippen LogP contribution is -2.51. The van der Waals surface area contributed by atoms with Gasteiger partial charge in [0.1, 0.15) is 0 Å². The first-order chi connectivity index (χ1) is 13.3. The highest BCUT2D eigenvalue weighted by molar-refractivity contribution is 7.89. The van der Waals surface area contributed by atoms with E-state index in [0.717, 1.165) is 11.3 Å². The molecule has 0 atom stereocenters. The van der Waals surface area contributed by atoms with Crippen LogP contribution in [0.5, 0.6) is 0 Å². The molecule has 0 bridgehead atoms. The Kier molecular flexibility index (Phi) is 6.12. The van der Waals surface area contributed by atoms with Crippen LogP contribution in [-0.4, -0.2) is 54.7 Å². The molecular formula is C20H23N3O3S2. The van der Waals surface area contributed by atoms with Crippen LogP contribution in [0.15, 0.2) is 53.4 Å². The number of sulfonamides is 1. The van der Waals surface area contributed by atoms with Crippen molar-refractivity contribution in [1.82, 2.24) is 9.21 Å². The van der Waals surface area contributed by atoms with Crippen LogP contribution in [0.4, 0.5) is 5.69 Å². The average molecular weight is 418 g/mol. The standard InChI is InChI=1S/C20H23N3O3S2/c1-15-6-8-19(9-7-15)28(25,26)23-12-10-22(11-13-23)20(27)21-18-5-3-4-17(14-18)16(2)24/h3-9,14H,10-13H2,1-2H3,(H,21,27). The summed E-state index contributed by atoms with van der Waals surface area (Å²) < 4.78 is 27.1. The Morgan fingerprint density at radius 2 is 1.68 bits per heavy atom. The molecule has 0 radical (unpaired) electrons. The number of ketones is 1. The van der Waals surface area contributed by atoms with E-state index in [1.807, 2.05) is 17.9 Å². The van der Waals surface area contributed by atoms with Gasteiger partial charge in [-0.1, -0.05) is 29.8 Å². The number of carbonyl (C=O) groups is 1. The summed E-state index contributed by atoms with van der Waals surface area (Å²) in [5, 5.41) is 3.66. The Hall–Kier alpha value is -2.29. The Morgan fingerprint density at radius 1 is 1.04 bits per heavy atom. The number of Topliss-reactive ketones (excluding diaryl/α,β-unsaturated/α-hetero) is 1. The molecule has 8 heteroatoms. The molecule has 3 rings (SSSR count). The number of hydrogen-bond acceptors (Lipinski definition) is 4. The van der Waals surface area contributed by atoms with Gasteiger partial charge in [-0.05, 0) is 50.3 Å². The van der Waals surface area contributed by atoms with Gasteiger partial charge < -0.3 is 10.2 Å². The third-order valence-electron chi connectivity index (χ3n) is 4.70. The number of rotatable bonds is 4. The lowest BCUT2D eigenvalue weighted by Gasteiger charge is -2.35. The second-order valence-electron chi connectivity index (χ2n) is 6.77. The molecule has 0 aliphatic carbocycles. The highest BCUT2D eigenvalue weighted by Crippen LogP contribution is 2.19. The third-order valence-corrected chi connectivity index (χ3v) is 6.98. The molecule has 0 unspecified atom stereocenters. The molecule has 2 aromatic carbocycles. The number of hydrogen-bond donors (Lipinski definition) is 1. The van der Waals surface area contributed by atoms with E-state index in [0.29, 0.717) is 41.8 Å². The molecule has 1 heterocycles. The minimum absolute atomic E-state index is 0.00973. The van der Waals surface area contributed by atoms with E-state index < -0.39 is 10.0 Å². The molecular weight excluding hydrogens is 394 g/mol. The maximum absolute atomic E-state index is 12.8. The first kappa shape index (κ1) is 20.4. The third kappa shape index (κ3) is 4.57. The summed E-state index contributed by atoms with van der Waals surface area (Å²) in [7, 11) is -3.50. The summed E-state index contributed by atoms with van der Waals surface area (Å²) in [5.41, 5.74) is 2.38. The number of piperazine rings is 1. The van der Waals surface area contributed by atoms with Crippen molar-refractivity contribution in [2.75, 3.05) is 31.5 Å². The van der Waals surface area contributed by atoms with Crippen molar-refractivity contribution in [1.29, 1.82) is 0 Å². The highest BCUT2D eigenvalue weighted by Gasteiger charge is 2.29. The first-order valence-electron chi connectivity index (χ1n) is 9.01. The lowest BCUT2D eigenvalue weighted by molar-refractivity contribution is 0.101. The summed E-state index contributed by atoms with van der Waals surface area (Å²) >= 11 is 5.47. The van der Waals surface area contributed by atoms with Gasteiger partial charge in [-0.25, -0.2) is 8.42 Å². The van der Waals surface area contributed by atoms with Crippen molar-refractivity contribution in [3.8, 4) is 0 Å². The normalized spacial score (nSPS) is 15.3. The molecule has 148 valence electrons. The van der Waals surface area contributed by atoms with Crippen LogP contribution >= 0.6 is 12.2 Å². The van der Waals surface area contributed by atoms with Crippen molar-refractivity contribution in [3.63, 3.8) is 0 Å². The van der Waals surface area contributed by atoms with Crippen LogP contribution in [0.1, 0.15) is 22.8 Å². The quantitative estimate of drug-likeness (QED) is 0.609. The fraction of sp³-hybridized carbons (Fsp3) is 0.300. The second kappa shape index (κ2) is 8.38. The van der Waals surface area contributed by atoms with Crippen molar-refractivity contribution in [3.05, 3.63) is 59.7 Å². The zero-order chi connectivity index (χ0) is 20.3. The van der Waals surface area contributed by atoms with E-state index in [9.17, 15) is 13.2 Å². The summed E-state index contributed by atoms with van der Waals surface area (Å²) in [5.74, 6) is -0.00973. The first-order valence-corrected chi connectivity index (χ1v) is 10.9. The number of anilines is 1. The number of thiocarbonyl (C=S) groups is 1. The van der Waals surface area contributed by atoms with Crippen LogP contribution in [0.2, 0.25) is 0 Å². The van der Waals surface area contributed by atoms with Crippen LogP contribution < -0.4 is 5.32 Å². The van der Waals surface area contributed by atoms with Gasteiger partial charge >= 0.3 is 0 Å². The molecule has 2 aromatic rings. The highest BCUT2D eigenvalue weighted by atomic mass is 32.2. The van der Waals surface area contributed by atoms with Gasteiger partial charge in [-0.15, -0.1) is 0 Å². The molecule has 1 N–H and O–H groups in total. The minimum atomic E-state index is -3.50. The second-order valence-corrected chi connectivity index (χ2v) is 9.10. The summed E-state index contributed by atoms with van der Waals surface area (Å²) in [6.07, 6.45) is 0. The van der Waals surface area contributed by atoms with Gasteiger partial charge in [-0.2, -0.15) is 4.31 Å². The monoisotopic (exact) mass is 417 g/mol. The number of aryl methyl sites for hydroxylation is 1. The molecule has 1 aliphatic heterocycles. The van der Waals surface area contributed by atoms with E-state index in [1.54, 1.807) is 42.5 Å². The molecule has 6 nitrogen and oxygen atoms in total. The van der Waals surface area contributed by atoms with Crippen LogP contribution in [0.25, 0.3) is 0 Å². The van der Waals surface area contributed by atoms with Gasteiger partial charge in [-0.3, -0.25) is 4.79 Å². The van der Waals surface area contributed by atoms with Gasteiger partial charge in [0.2, 0.25) is 10.0 Å². The Morgan fingerprint density at radius 3 is 2.29 bits per heavy atom. The summed E-state index contributed by atoms with van der Waals surface area (Å²) in [6.45, 7) is 5.18. The number of carbonyl (C=O) groups excluding carboxylic acids is 1. The fourth-order valence-electron chi connectivity index (χ4n) is 3.01. The molecule has 0 spiro atoms. The van der Waals surface area contributed by atoms with Crippen LogP contribution in [0.3, 0.4) is 0 Å². The topological polar surface area (TPSA) is 69.7 Å². The maximum atomic E-state index is 12.8. The fourth-order valence-corrected chi connectivity index (χ4v) is 4.73. The van der Waals surface area contributed by atoms with Crippen LogP contribution in [0, 0.1) is 6.92 Å². The van der Waals surface area contributed by atoms with Crippen molar-refractivity contribution in [2.24, 2.45) is 0 Å². The molecule has 0 amide bonds. The molecule has 0 aromatic heterocycles. The molecule has 28 heavy (non-hydrogen) atoms. The van der Waals surface area contributed by atoms with Gasteiger partial charge in [0.15, 0.2) is 10.9 Å². The minimum Gasteiger partial charge on any atom is -0.346 e. The van der Waals surface area contributed by atoms with E-state index in [-0.39, 0.29) is 5.78 Å². The van der Waals surface area contributed by atoms with Crippen molar-refractivity contribution < 1.29 is 13.2 Å². The SMILES string of the molecule is CC(=O)c1cccc(NC(=S)N2CCN(S(=O)(=O)c3ccc(C)cc3)CC2)c1. The molecule has 1 fully saturated rings. The Labute approximate surface area is 171 Å². The zero-order valence-electron chi connectivity index (χ0n) is 15.9. The van der Waals surface area contributed by atoms with E-state index >= 15 is 0 Å². The number of nitrogens with one attached hydrogen (secondary N) is 1. The maximum Gasteiger partial charge on any atom is 0.243 e. The van der Waals surface area contributed by atoms with Crippen molar-refractivity contribution in [2.45, 2.75) is 18.7 Å². The number of nitrogens with zero attached hydrogens (tertiary/aromatic N) is 2. The predicted octanol–water partition coefficient (Wildman–Crippen LogP) is 2.90. The summed E-state index contributed by atoms with van der Waals surface area (Å²) in [4.78, 5) is 13.8. The molecule has 1 aliphatic rings. The van der Waals surface area contributed by atoms with Crippen molar-refractivity contribution >= 4 is 38.8 Å².